The maximum Gasteiger partial charge on any atom is 0.273 e. The molecular weight excluding hydrogens is 268 g/mol. The Morgan fingerprint density at radius 3 is 2.62 bits per heavy atom. The van der Waals surface area contributed by atoms with E-state index in [0.717, 1.165) is 5.56 Å². The van der Waals surface area contributed by atoms with E-state index in [1.807, 2.05) is 13.0 Å². The average Bonchev–Trinajstić information content (AvgIpc) is 2.49. The van der Waals surface area contributed by atoms with Crippen LogP contribution in [0.5, 0.6) is 5.75 Å². The third kappa shape index (κ3) is 3.90. The van der Waals surface area contributed by atoms with E-state index in [1.165, 1.54) is 6.21 Å². The Hall–Kier alpha value is -2.66. The second-order valence-corrected chi connectivity index (χ2v) is 4.61. The van der Waals surface area contributed by atoms with Crippen LogP contribution in [0.25, 0.3) is 0 Å². The number of nitrogens with one attached hydrogen (secondary N) is 1. The highest BCUT2D eigenvalue weighted by Crippen LogP contribution is 2.16. The summed E-state index contributed by atoms with van der Waals surface area (Å²) in [7, 11) is 0. The van der Waals surface area contributed by atoms with Crippen LogP contribution in [-0.4, -0.2) is 22.3 Å². The summed E-state index contributed by atoms with van der Waals surface area (Å²) in [5.74, 6) is -0.555. The number of hydrazone groups is 1. The van der Waals surface area contributed by atoms with Crippen molar-refractivity contribution in [2.75, 3.05) is 0 Å². The lowest BCUT2D eigenvalue weighted by Gasteiger charge is -2.08. The molecule has 2 aromatic carbocycles. The van der Waals surface area contributed by atoms with Gasteiger partial charge in [0.05, 0.1) is 6.21 Å². The fourth-order valence-electron chi connectivity index (χ4n) is 1.78. The summed E-state index contributed by atoms with van der Waals surface area (Å²) in [6.45, 7) is 1.86. The molecule has 0 heterocycles. The number of phenols is 1. The maximum absolute atomic E-state index is 11.7. The minimum Gasteiger partial charge on any atom is -0.507 e. The van der Waals surface area contributed by atoms with Crippen LogP contribution < -0.4 is 5.43 Å². The highest BCUT2D eigenvalue weighted by molar-refractivity contribution is 5.86. The number of benzene rings is 2. The summed E-state index contributed by atoms with van der Waals surface area (Å²) in [6, 6.07) is 13.7. The van der Waals surface area contributed by atoms with Gasteiger partial charge in [0.1, 0.15) is 5.75 Å². The molecule has 21 heavy (non-hydrogen) atoms. The number of aliphatic hydroxyl groups is 1. The zero-order chi connectivity index (χ0) is 15.2. The lowest BCUT2D eigenvalue weighted by atomic mass is 10.1. The number of phenolic OH excluding ortho intramolecular Hbond substituents is 1. The van der Waals surface area contributed by atoms with E-state index in [4.69, 9.17) is 0 Å². The largest absolute Gasteiger partial charge is 0.507 e. The summed E-state index contributed by atoms with van der Waals surface area (Å²) in [5.41, 5.74) is 4.14. The second-order valence-electron chi connectivity index (χ2n) is 4.61. The van der Waals surface area contributed by atoms with Crippen LogP contribution in [0.2, 0.25) is 0 Å². The van der Waals surface area contributed by atoms with Crippen LogP contribution in [0, 0.1) is 6.92 Å². The van der Waals surface area contributed by atoms with Gasteiger partial charge in [0, 0.05) is 5.56 Å². The Labute approximate surface area is 122 Å². The zero-order valence-corrected chi connectivity index (χ0v) is 11.5. The molecule has 0 aromatic heterocycles. The molecular formula is C16H16N2O3. The molecule has 1 atom stereocenters. The summed E-state index contributed by atoms with van der Waals surface area (Å²) in [5, 5.41) is 23.3. The van der Waals surface area contributed by atoms with E-state index in [-0.39, 0.29) is 5.75 Å². The molecule has 2 aromatic rings. The van der Waals surface area contributed by atoms with Crippen molar-refractivity contribution in [1.82, 2.24) is 5.43 Å². The van der Waals surface area contributed by atoms with E-state index in [1.54, 1.807) is 42.5 Å². The predicted molar refractivity (Wildman–Crippen MR) is 80.0 cm³/mol. The first kappa shape index (κ1) is 14.7. The number of hydrogen-bond donors (Lipinski definition) is 3. The lowest BCUT2D eigenvalue weighted by molar-refractivity contribution is -0.129. The van der Waals surface area contributed by atoms with Gasteiger partial charge in [-0.1, -0.05) is 36.4 Å². The number of aromatic hydroxyl groups is 1. The van der Waals surface area contributed by atoms with E-state index in [0.29, 0.717) is 11.1 Å². The average molecular weight is 284 g/mol. The van der Waals surface area contributed by atoms with Gasteiger partial charge in [0.15, 0.2) is 6.10 Å². The molecule has 0 spiro atoms. The first-order chi connectivity index (χ1) is 10.1. The fraction of sp³-hybridized carbons (Fsp3) is 0.125. The number of hydrogen-bond acceptors (Lipinski definition) is 4. The molecule has 0 aliphatic rings. The van der Waals surface area contributed by atoms with Crippen LogP contribution in [0.4, 0.5) is 0 Å². The highest BCUT2D eigenvalue weighted by atomic mass is 16.3. The first-order valence-electron chi connectivity index (χ1n) is 6.43. The number of rotatable bonds is 4. The normalized spacial score (nSPS) is 12.3. The van der Waals surface area contributed by atoms with Crippen LogP contribution >= 0.6 is 0 Å². The molecule has 0 radical (unpaired) electrons. The predicted octanol–water partition coefficient (Wildman–Crippen LogP) is 1.88. The van der Waals surface area contributed by atoms with Gasteiger partial charge in [-0.05, 0) is 30.2 Å². The van der Waals surface area contributed by atoms with E-state index >= 15 is 0 Å². The fourth-order valence-corrected chi connectivity index (χ4v) is 1.78. The summed E-state index contributed by atoms with van der Waals surface area (Å²) in [4.78, 5) is 11.7. The standard InChI is InChI=1S/C16H16N2O3/c1-11-7-8-13(14(19)9-11)10-17-18-16(21)15(20)12-5-3-2-4-6-12/h2-10,15,19-20H,1H3,(H,18,21)/b17-10+. The SMILES string of the molecule is Cc1ccc(/C=N/NC(=O)C(O)c2ccccc2)c(O)c1. The Kier molecular flexibility index (Phi) is 4.68. The van der Waals surface area contributed by atoms with Gasteiger partial charge in [0.25, 0.3) is 5.91 Å². The van der Waals surface area contributed by atoms with Crippen LogP contribution in [0.1, 0.15) is 22.8 Å². The second kappa shape index (κ2) is 6.67. The number of nitrogens with zero attached hydrogens (tertiary/aromatic N) is 1. The molecule has 1 unspecified atom stereocenters. The third-order valence-corrected chi connectivity index (χ3v) is 2.93. The molecule has 108 valence electrons. The van der Waals surface area contributed by atoms with Crippen molar-refractivity contribution in [3.8, 4) is 5.75 Å². The zero-order valence-electron chi connectivity index (χ0n) is 11.5. The molecule has 5 nitrogen and oxygen atoms in total. The molecule has 0 aliphatic heterocycles. The van der Waals surface area contributed by atoms with Crippen LogP contribution in [0.3, 0.4) is 0 Å². The molecule has 3 N–H and O–H groups in total. The number of aryl methyl sites for hydroxylation is 1. The quantitative estimate of drug-likeness (QED) is 0.592. The van der Waals surface area contributed by atoms with Crippen LogP contribution in [-0.2, 0) is 4.79 Å². The Balaban J connectivity index is 1.99. The molecule has 0 fully saturated rings. The molecule has 1 amide bonds. The van der Waals surface area contributed by atoms with Crippen molar-refractivity contribution in [3.63, 3.8) is 0 Å². The van der Waals surface area contributed by atoms with Gasteiger partial charge in [0.2, 0.25) is 0 Å². The molecule has 0 saturated carbocycles. The van der Waals surface area contributed by atoms with Gasteiger partial charge in [-0.3, -0.25) is 4.79 Å². The Morgan fingerprint density at radius 2 is 1.95 bits per heavy atom. The van der Waals surface area contributed by atoms with Gasteiger partial charge < -0.3 is 10.2 Å². The van der Waals surface area contributed by atoms with Crippen LogP contribution in [0.15, 0.2) is 53.6 Å². The van der Waals surface area contributed by atoms with Crippen molar-refractivity contribution in [2.24, 2.45) is 5.10 Å². The Bertz CT molecular complexity index is 654. The molecule has 5 heteroatoms. The summed E-state index contributed by atoms with van der Waals surface area (Å²) in [6.07, 6.45) is 0.0414. The first-order valence-corrected chi connectivity index (χ1v) is 6.43. The van der Waals surface area contributed by atoms with Crippen molar-refractivity contribution in [2.45, 2.75) is 13.0 Å². The van der Waals surface area contributed by atoms with E-state index < -0.39 is 12.0 Å². The summed E-state index contributed by atoms with van der Waals surface area (Å²) < 4.78 is 0. The third-order valence-electron chi connectivity index (χ3n) is 2.93. The van der Waals surface area contributed by atoms with E-state index in [2.05, 4.69) is 10.5 Å². The van der Waals surface area contributed by atoms with Gasteiger partial charge in [-0.2, -0.15) is 5.10 Å². The Morgan fingerprint density at radius 1 is 1.24 bits per heavy atom. The highest BCUT2D eigenvalue weighted by Gasteiger charge is 2.15. The van der Waals surface area contributed by atoms with Gasteiger partial charge in [-0.25, -0.2) is 5.43 Å². The molecule has 0 aliphatic carbocycles. The maximum atomic E-state index is 11.7. The minimum absolute atomic E-state index is 0.0802. The van der Waals surface area contributed by atoms with E-state index in [9.17, 15) is 15.0 Å². The minimum atomic E-state index is -1.28. The lowest BCUT2D eigenvalue weighted by Crippen LogP contribution is -2.25. The van der Waals surface area contributed by atoms with Crippen molar-refractivity contribution in [1.29, 1.82) is 0 Å². The number of amides is 1. The molecule has 0 saturated heterocycles. The molecule has 0 bridgehead atoms. The van der Waals surface area contributed by atoms with Crippen molar-refractivity contribution in [3.05, 3.63) is 65.2 Å². The molecule has 2 rings (SSSR count). The number of carbonyl (C=O) groups is 1. The number of aliphatic hydroxyl groups excluding tert-OH is 1. The van der Waals surface area contributed by atoms with Crippen molar-refractivity contribution < 1.29 is 15.0 Å². The van der Waals surface area contributed by atoms with Gasteiger partial charge >= 0.3 is 0 Å². The summed E-state index contributed by atoms with van der Waals surface area (Å²) >= 11 is 0. The van der Waals surface area contributed by atoms with Gasteiger partial charge in [-0.15, -0.1) is 0 Å². The van der Waals surface area contributed by atoms with Crippen molar-refractivity contribution >= 4 is 12.1 Å². The monoisotopic (exact) mass is 284 g/mol. The smallest absolute Gasteiger partial charge is 0.273 e. The number of carbonyl (C=O) groups excluding carboxylic acids is 1. The topological polar surface area (TPSA) is 81.9 Å².